The van der Waals surface area contributed by atoms with E-state index in [9.17, 15) is 9.18 Å². The van der Waals surface area contributed by atoms with Gasteiger partial charge < -0.3 is 15.5 Å². The van der Waals surface area contributed by atoms with Gasteiger partial charge in [0.15, 0.2) is 5.78 Å². The number of nitrogens with zero attached hydrogens (tertiary/aromatic N) is 2. The van der Waals surface area contributed by atoms with Crippen LogP contribution in [-0.2, 0) is 0 Å². The number of Topliss-reactive ketones (excluding diaryl/α,β-unsaturated/α-hetero) is 1. The van der Waals surface area contributed by atoms with Crippen LogP contribution in [0.25, 0.3) is 0 Å². The van der Waals surface area contributed by atoms with Crippen LogP contribution >= 0.6 is 11.8 Å². The van der Waals surface area contributed by atoms with Crippen LogP contribution in [0.1, 0.15) is 47.5 Å². The predicted molar refractivity (Wildman–Crippen MR) is 121 cm³/mol. The molecule has 0 saturated carbocycles. The second-order valence-electron chi connectivity index (χ2n) is 8.61. The average molecular weight is 426 g/mol. The zero-order chi connectivity index (χ0) is 20.7. The van der Waals surface area contributed by atoms with E-state index in [0.717, 1.165) is 26.1 Å². The Morgan fingerprint density at radius 2 is 2.13 bits per heavy atom. The van der Waals surface area contributed by atoms with E-state index in [2.05, 4.69) is 28.0 Å². The predicted octanol–water partition coefficient (Wildman–Crippen LogP) is 4.54. The Morgan fingerprint density at radius 3 is 3.03 bits per heavy atom. The van der Waals surface area contributed by atoms with Gasteiger partial charge in [0.1, 0.15) is 5.82 Å². The minimum absolute atomic E-state index is 0.0666. The molecule has 3 heterocycles. The second-order valence-corrected chi connectivity index (χ2v) is 9.75. The Labute approximate surface area is 181 Å². The van der Waals surface area contributed by atoms with Crippen LogP contribution < -0.4 is 10.6 Å². The van der Waals surface area contributed by atoms with E-state index < -0.39 is 5.82 Å². The molecule has 2 aromatic carbocycles. The third-order valence-corrected chi connectivity index (χ3v) is 7.91. The number of nitrogen functional groups attached to an aromatic ring is 1. The molecule has 0 aromatic heterocycles. The van der Waals surface area contributed by atoms with Crippen LogP contribution in [0.15, 0.2) is 41.3 Å². The monoisotopic (exact) mass is 425 g/mol. The Balaban J connectivity index is 1.23. The zero-order valence-corrected chi connectivity index (χ0v) is 18.0. The second kappa shape index (κ2) is 8.23. The van der Waals surface area contributed by atoms with Gasteiger partial charge in [0.2, 0.25) is 0 Å². The van der Waals surface area contributed by atoms with Gasteiger partial charge >= 0.3 is 0 Å². The first-order valence-electron chi connectivity index (χ1n) is 10.9. The van der Waals surface area contributed by atoms with Gasteiger partial charge in [-0.2, -0.15) is 0 Å². The quantitative estimate of drug-likeness (QED) is 0.563. The Hall–Kier alpha value is -2.05. The van der Waals surface area contributed by atoms with Gasteiger partial charge in [-0.25, -0.2) is 4.39 Å². The molecule has 6 heteroatoms. The molecule has 0 bridgehead atoms. The topological polar surface area (TPSA) is 49.6 Å². The lowest BCUT2D eigenvalue weighted by molar-refractivity contribution is 0.0971. The van der Waals surface area contributed by atoms with Gasteiger partial charge in [0.05, 0.1) is 5.69 Å². The number of halogens is 1. The van der Waals surface area contributed by atoms with E-state index >= 15 is 0 Å². The molecule has 158 valence electrons. The first kappa shape index (κ1) is 19.9. The number of rotatable bonds is 5. The fourth-order valence-electron chi connectivity index (χ4n) is 5.38. The van der Waals surface area contributed by atoms with Crippen molar-refractivity contribution < 1.29 is 9.18 Å². The van der Waals surface area contributed by atoms with Crippen molar-refractivity contribution in [3.8, 4) is 0 Å². The molecule has 0 amide bonds. The van der Waals surface area contributed by atoms with Crippen molar-refractivity contribution in [3.63, 3.8) is 0 Å². The SMILES string of the molecule is Nc1ccc(F)cc1C(=O)CCCN1CC[C@@H]2[C@H](C1)c1cccc3c1N2CCCS3. The van der Waals surface area contributed by atoms with Crippen molar-refractivity contribution in [2.75, 3.05) is 42.6 Å². The lowest BCUT2D eigenvalue weighted by Crippen LogP contribution is -2.46. The molecule has 0 aliphatic carbocycles. The fourth-order valence-corrected chi connectivity index (χ4v) is 6.42. The summed E-state index contributed by atoms with van der Waals surface area (Å²) in [5.74, 6) is 1.29. The number of hydrogen-bond donors (Lipinski definition) is 1. The largest absolute Gasteiger partial charge is 0.398 e. The Bertz CT molecular complexity index is 965. The number of benzene rings is 2. The van der Waals surface area contributed by atoms with Gasteiger partial charge in [-0.15, -0.1) is 11.8 Å². The maximum Gasteiger partial charge on any atom is 0.165 e. The lowest BCUT2D eigenvalue weighted by atomic mass is 9.89. The molecule has 0 radical (unpaired) electrons. The maximum absolute atomic E-state index is 13.5. The first-order valence-corrected chi connectivity index (χ1v) is 11.9. The summed E-state index contributed by atoms with van der Waals surface area (Å²) in [5.41, 5.74) is 9.54. The number of carbonyl (C=O) groups excluding carboxylic acids is 1. The van der Waals surface area contributed by atoms with E-state index in [4.69, 9.17) is 5.73 Å². The van der Waals surface area contributed by atoms with E-state index in [1.807, 2.05) is 11.8 Å². The van der Waals surface area contributed by atoms with Crippen LogP contribution in [0.4, 0.5) is 15.8 Å². The van der Waals surface area contributed by atoms with E-state index in [-0.39, 0.29) is 5.78 Å². The highest BCUT2D eigenvalue weighted by Gasteiger charge is 2.43. The molecule has 2 aromatic rings. The molecule has 4 nitrogen and oxygen atoms in total. The summed E-state index contributed by atoms with van der Waals surface area (Å²) < 4.78 is 13.5. The van der Waals surface area contributed by atoms with Crippen LogP contribution in [0.5, 0.6) is 0 Å². The Morgan fingerprint density at radius 1 is 1.23 bits per heavy atom. The summed E-state index contributed by atoms with van der Waals surface area (Å²) in [6.07, 6.45) is 3.60. The minimum Gasteiger partial charge on any atom is -0.398 e. The standard InChI is InChI=1S/C24H28FN3OS/c25-16-7-8-20(26)18(14-16)22(29)5-2-10-27-12-9-21-19(15-27)17-4-1-6-23-24(17)28(21)11-3-13-30-23/h1,4,6-8,14,19,21H,2-3,5,9-13,15,26H2/t19-,21-/m1/s1. The van der Waals surface area contributed by atoms with Crippen LogP contribution in [0.3, 0.4) is 0 Å². The highest BCUT2D eigenvalue weighted by molar-refractivity contribution is 7.99. The molecule has 2 atom stereocenters. The number of thioether (sulfide) groups is 1. The van der Waals surface area contributed by atoms with Crippen molar-refractivity contribution in [1.82, 2.24) is 4.90 Å². The molecule has 3 aliphatic heterocycles. The third-order valence-electron chi connectivity index (χ3n) is 6.77. The van der Waals surface area contributed by atoms with Gasteiger partial charge in [-0.05, 0) is 61.4 Å². The summed E-state index contributed by atoms with van der Waals surface area (Å²) in [6, 6.07) is 11.5. The summed E-state index contributed by atoms with van der Waals surface area (Å²) in [7, 11) is 0. The summed E-state index contributed by atoms with van der Waals surface area (Å²) in [6.45, 7) is 4.19. The van der Waals surface area contributed by atoms with Gasteiger partial charge in [0, 0.05) is 54.2 Å². The minimum atomic E-state index is -0.412. The summed E-state index contributed by atoms with van der Waals surface area (Å²) >= 11 is 2.00. The van der Waals surface area contributed by atoms with Crippen LogP contribution in [-0.4, -0.2) is 48.7 Å². The van der Waals surface area contributed by atoms with E-state index in [1.54, 1.807) is 0 Å². The molecule has 1 saturated heterocycles. The molecule has 2 N–H and O–H groups in total. The summed E-state index contributed by atoms with van der Waals surface area (Å²) in [4.78, 5) is 19.1. The first-order chi connectivity index (χ1) is 14.6. The van der Waals surface area contributed by atoms with E-state index in [0.29, 0.717) is 29.6 Å². The van der Waals surface area contributed by atoms with Crippen LogP contribution in [0.2, 0.25) is 0 Å². The van der Waals surface area contributed by atoms with Crippen molar-refractivity contribution in [2.24, 2.45) is 0 Å². The number of likely N-dealkylation sites (tertiary alicyclic amines) is 1. The number of para-hydroxylation sites is 1. The van der Waals surface area contributed by atoms with Gasteiger partial charge in [-0.3, -0.25) is 4.79 Å². The number of hydrogen-bond acceptors (Lipinski definition) is 5. The normalized spacial score (nSPS) is 23.0. The lowest BCUT2D eigenvalue weighted by Gasteiger charge is -2.39. The molecule has 3 aliphatic rings. The van der Waals surface area contributed by atoms with Crippen molar-refractivity contribution in [2.45, 2.75) is 42.5 Å². The molecule has 0 unspecified atom stereocenters. The van der Waals surface area contributed by atoms with Crippen molar-refractivity contribution in [1.29, 1.82) is 0 Å². The highest BCUT2D eigenvalue weighted by atomic mass is 32.2. The van der Waals surface area contributed by atoms with Crippen molar-refractivity contribution in [3.05, 3.63) is 53.3 Å². The number of nitrogens with two attached hydrogens (primary N) is 1. The summed E-state index contributed by atoms with van der Waals surface area (Å²) in [5, 5.41) is 0. The average Bonchev–Trinajstić information content (AvgIpc) is 2.90. The van der Waals surface area contributed by atoms with E-state index in [1.165, 1.54) is 59.5 Å². The van der Waals surface area contributed by atoms with Crippen LogP contribution in [0, 0.1) is 5.82 Å². The molecule has 5 rings (SSSR count). The fraction of sp³-hybridized carbons (Fsp3) is 0.458. The zero-order valence-electron chi connectivity index (χ0n) is 17.1. The van der Waals surface area contributed by atoms with Gasteiger partial charge in [0.25, 0.3) is 0 Å². The smallest absolute Gasteiger partial charge is 0.165 e. The highest BCUT2D eigenvalue weighted by Crippen LogP contribution is 2.50. The maximum atomic E-state index is 13.5. The Kier molecular flexibility index (Phi) is 5.46. The molecule has 1 fully saturated rings. The molecule has 30 heavy (non-hydrogen) atoms. The molecular weight excluding hydrogens is 397 g/mol. The molecule has 0 spiro atoms. The number of carbonyl (C=O) groups is 1. The molecular formula is C24H28FN3OS. The number of ketones is 1. The number of fused-ring (bicyclic) bond motifs is 3. The van der Waals surface area contributed by atoms with Gasteiger partial charge in [-0.1, -0.05) is 12.1 Å². The number of anilines is 2. The van der Waals surface area contributed by atoms with Crippen molar-refractivity contribution >= 4 is 28.9 Å². The third kappa shape index (κ3) is 3.60. The number of piperidine rings is 1.